The fraction of sp³-hybridized carbons (Fsp3) is 0.333. The molecule has 0 unspecified atom stereocenters. The zero-order chi connectivity index (χ0) is 14.5. The summed E-state index contributed by atoms with van der Waals surface area (Å²) in [5.74, 6) is -0.304. The lowest BCUT2D eigenvalue weighted by Crippen LogP contribution is -2.08. The molecular weight excluding hydrogens is 281 g/mol. The summed E-state index contributed by atoms with van der Waals surface area (Å²) in [6.07, 6.45) is -4.15. The summed E-state index contributed by atoms with van der Waals surface area (Å²) in [5, 5.41) is 0. The molecule has 3 nitrogen and oxygen atoms in total. The molecule has 1 aromatic rings. The topological polar surface area (TPSA) is 43.4 Å². The first-order valence-corrected chi connectivity index (χ1v) is 6.23. The lowest BCUT2D eigenvalue weighted by molar-refractivity contribution is -0.140. The van der Waals surface area contributed by atoms with E-state index in [0.29, 0.717) is 6.29 Å². The number of hydrogen-bond donors (Lipinski definition) is 0. The number of ether oxygens (including phenoxy) is 1. The molecule has 0 saturated carbocycles. The second-order valence-electron chi connectivity index (χ2n) is 3.55. The Morgan fingerprint density at radius 2 is 2.11 bits per heavy atom. The average Bonchev–Trinajstić information content (AvgIpc) is 2.37. The van der Waals surface area contributed by atoms with Crippen molar-refractivity contribution in [3.8, 4) is 0 Å². The van der Waals surface area contributed by atoms with Crippen LogP contribution in [0.4, 0.5) is 13.2 Å². The highest BCUT2D eigenvalue weighted by Gasteiger charge is 2.33. The molecule has 0 atom stereocenters. The number of esters is 1. The molecule has 0 heterocycles. The fourth-order valence-corrected chi connectivity index (χ4v) is 2.30. The van der Waals surface area contributed by atoms with E-state index in [2.05, 4.69) is 4.74 Å². The van der Waals surface area contributed by atoms with Crippen LogP contribution in [0.3, 0.4) is 0 Å². The lowest BCUT2D eigenvalue weighted by Gasteiger charge is -2.12. The lowest BCUT2D eigenvalue weighted by atomic mass is 10.1. The van der Waals surface area contributed by atoms with Gasteiger partial charge in [0.15, 0.2) is 0 Å². The highest BCUT2D eigenvalue weighted by Crippen LogP contribution is 2.37. The number of benzene rings is 1. The van der Waals surface area contributed by atoms with Gasteiger partial charge in [-0.25, -0.2) is 0 Å². The molecule has 0 amide bonds. The van der Waals surface area contributed by atoms with Crippen molar-refractivity contribution in [3.05, 3.63) is 29.3 Å². The van der Waals surface area contributed by atoms with E-state index in [0.717, 1.165) is 17.8 Å². The number of alkyl halides is 3. The normalized spacial score (nSPS) is 11.2. The zero-order valence-electron chi connectivity index (χ0n) is 9.99. The summed E-state index contributed by atoms with van der Waals surface area (Å²) < 4.78 is 42.8. The van der Waals surface area contributed by atoms with Gasteiger partial charge in [0.2, 0.25) is 0 Å². The molecule has 0 spiro atoms. The molecule has 1 aromatic carbocycles. The summed E-state index contributed by atoms with van der Waals surface area (Å²) in [6, 6.07) is 3.34. The zero-order valence-corrected chi connectivity index (χ0v) is 10.8. The molecule has 19 heavy (non-hydrogen) atoms. The number of aldehydes is 1. The van der Waals surface area contributed by atoms with Crippen LogP contribution in [0.5, 0.6) is 0 Å². The van der Waals surface area contributed by atoms with Gasteiger partial charge in [0.25, 0.3) is 0 Å². The van der Waals surface area contributed by atoms with Crippen molar-refractivity contribution in [1.29, 1.82) is 0 Å². The van der Waals surface area contributed by atoms with Crippen molar-refractivity contribution in [3.63, 3.8) is 0 Å². The average molecular weight is 292 g/mol. The van der Waals surface area contributed by atoms with Gasteiger partial charge in [0.1, 0.15) is 6.29 Å². The van der Waals surface area contributed by atoms with Crippen LogP contribution in [-0.2, 0) is 15.7 Å². The van der Waals surface area contributed by atoms with Gasteiger partial charge in [-0.15, -0.1) is 11.8 Å². The molecule has 0 N–H and O–H groups in total. The largest absolute Gasteiger partial charge is 0.469 e. The Morgan fingerprint density at radius 1 is 1.42 bits per heavy atom. The summed E-state index contributed by atoms with van der Waals surface area (Å²) in [5.41, 5.74) is -0.906. The Bertz CT molecular complexity index is 472. The Balaban J connectivity index is 2.88. The number of thioether (sulfide) groups is 1. The van der Waals surface area contributed by atoms with E-state index >= 15 is 0 Å². The molecule has 0 aromatic heterocycles. The first kappa shape index (κ1) is 15.6. The third-order valence-electron chi connectivity index (χ3n) is 2.24. The molecule has 0 saturated heterocycles. The Morgan fingerprint density at radius 3 is 2.63 bits per heavy atom. The van der Waals surface area contributed by atoms with E-state index in [-0.39, 0.29) is 22.6 Å². The maximum absolute atomic E-state index is 12.8. The minimum atomic E-state index is -4.54. The fourth-order valence-electron chi connectivity index (χ4n) is 1.31. The third-order valence-corrected chi connectivity index (χ3v) is 3.31. The summed E-state index contributed by atoms with van der Waals surface area (Å²) in [6.45, 7) is 0. The van der Waals surface area contributed by atoms with Gasteiger partial charge in [-0.3, -0.25) is 9.59 Å². The van der Waals surface area contributed by atoms with Gasteiger partial charge >= 0.3 is 12.1 Å². The molecule has 0 aliphatic heterocycles. The first-order chi connectivity index (χ1) is 8.88. The standard InChI is InChI=1S/C12H11F3O3S/c1-18-11(17)4-5-19-10-3-2-8(7-16)6-9(10)12(13,14)15/h2-3,6-7H,4-5H2,1H3. The van der Waals surface area contributed by atoms with Crippen LogP contribution in [0.15, 0.2) is 23.1 Å². The van der Waals surface area contributed by atoms with Crippen molar-refractivity contribution in [2.45, 2.75) is 17.5 Å². The number of carbonyl (C=O) groups is 2. The number of carbonyl (C=O) groups excluding carboxylic acids is 2. The van der Waals surface area contributed by atoms with Crippen LogP contribution in [-0.4, -0.2) is 25.1 Å². The maximum atomic E-state index is 12.8. The predicted molar refractivity (Wildman–Crippen MR) is 64.2 cm³/mol. The summed E-state index contributed by atoms with van der Waals surface area (Å²) >= 11 is 0.900. The predicted octanol–water partition coefficient (Wildman–Crippen LogP) is 3.17. The van der Waals surface area contributed by atoms with E-state index < -0.39 is 17.7 Å². The van der Waals surface area contributed by atoms with Crippen LogP contribution in [0.1, 0.15) is 22.3 Å². The second-order valence-corrected chi connectivity index (χ2v) is 4.68. The molecule has 0 bridgehead atoms. The van der Waals surface area contributed by atoms with E-state index in [1.165, 1.54) is 19.2 Å². The van der Waals surface area contributed by atoms with E-state index in [1.807, 2.05) is 0 Å². The van der Waals surface area contributed by atoms with Crippen molar-refractivity contribution >= 4 is 24.0 Å². The van der Waals surface area contributed by atoms with Gasteiger partial charge in [0.05, 0.1) is 19.1 Å². The minimum Gasteiger partial charge on any atom is -0.469 e. The molecule has 7 heteroatoms. The van der Waals surface area contributed by atoms with Gasteiger partial charge < -0.3 is 4.74 Å². The number of halogens is 3. The third kappa shape index (κ3) is 4.59. The quantitative estimate of drug-likeness (QED) is 0.475. The van der Waals surface area contributed by atoms with Gasteiger partial charge in [0, 0.05) is 16.2 Å². The molecule has 0 radical (unpaired) electrons. The number of rotatable bonds is 5. The summed E-state index contributed by atoms with van der Waals surface area (Å²) in [4.78, 5) is 21.4. The van der Waals surface area contributed by atoms with Crippen molar-refractivity contribution in [2.75, 3.05) is 12.9 Å². The first-order valence-electron chi connectivity index (χ1n) is 5.24. The van der Waals surface area contributed by atoms with Crippen LogP contribution < -0.4 is 0 Å². The molecule has 1 rings (SSSR count). The van der Waals surface area contributed by atoms with E-state index in [9.17, 15) is 22.8 Å². The van der Waals surface area contributed by atoms with Crippen molar-refractivity contribution in [2.24, 2.45) is 0 Å². The minimum absolute atomic E-state index is 0.0120. The molecule has 104 valence electrons. The Hall–Kier alpha value is -1.50. The van der Waals surface area contributed by atoms with Crippen molar-refractivity contribution in [1.82, 2.24) is 0 Å². The summed E-state index contributed by atoms with van der Waals surface area (Å²) in [7, 11) is 1.22. The van der Waals surface area contributed by atoms with Crippen LogP contribution in [0, 0.1) is 0 Å². The van der Waals surface area contributed by atoms with Crippen LogP contribution in [0.25, 0.3) is 0 Å². The van der Waals surface area contributed by atoms with Gasteiger partial charge in [-0.2, -0.15) is 13.2 Å². The van der Waals surface area contributed by atoms with Crippen molar-refractivity contribution < 1.29 is 27.5 Å². The molecular formula is C12H11F3O3S. The van der Waals surface area contributed by atoms with E-state index in [4.69, 9.17) is 0 Å². The highest BCUT2D eigenvalue weighted by molar-refractivity contribution is 7.99. The molecule has 0 fully saturated rings. The highest BCUT2D eigenvalue weighted by atomic mass is 32.2. The monoisotopic (exact) mass is 292 g/mol. The second kappa shape index (κ2) is 6.60. The smallest absolute Gasteiger partial charge is 0.417 e. The number of methoxy groups -OCH3 is 1. The Labute approximate surface area is 112 Å². The van der Waals surface area contributed by atoms with Gasteiger partial charge in [-0.1, -0.05) is 6.07 Å². The van der Waals surface area contributed by atoms with Gasteiger partial charge in [-0.05, 0) is 12.1 Å². The van der Waals surface area contributed by atoms with Crippen LogP contribution >= 0.6 is 11.8 Å². The maximum Gasteiger partial charge on any atom is 0.417 e. The number of hydrogen-bond acceptors (Lipinski definition) is 4. The van der Waals surface area contributed by atoms with E-state index in [1.54, 1.807) is 0 Å². The molecule has 0 aliphatic rings. The SMILES string of the molecule is COC(=O)CCSc1ccc(C=O)cc1C(F)(F)F. The Kier molecular flexibility index (Phi) is 5.41. The molecule has 0 aliphatic carbocycles. The van der Waals surface area contributed by atoms with Crippen LogP contribution in [0.2, 0.25) is 0 Å².